The van der Waals surface area contributed by atoms with Crippen molar-refractivity contribution in [3.63, 3.8) is 0 Å². The van der Waals surface area contributed by atoms with Gasteiger partial charge in [0.2, 0.25) is 0 Å². The van der Waals surface area contributed by atoms with Gasteiger partial charge in [-0.2, -0.15) is 0 Å². The molecule has 90 valence electrons. The number of hydrogen-bond donors (Lipinski definition) is 2. The molecular formula is C13H15NO3. The Balaban J connectivity index is 2.61. The Kier molecular flexibility index (Phi) is 2.67. The molecule has 2 aromatic rings. The van der Waals surface area contributed by atoms with E-state index in [0.717, 1.165) is 5.52 Å². The molecule has 17 heavy (non-hydrogen) atoms. The Bertz CT molecular complexity index is 564. The summed E-state index contributed by atoms with van der Waals surface area (Å²) in [6.07, 6.45) is 1.57. The second-order valence-corrected chi connectivity index (χ2v) is 4.81. The fraction of sp³-hybridized carbons (Fsp3) is 0.308. The lowest BCUT2D eigenvalue weighted by molar-refractivity contribution is 0.0619. The molecule has 4 heteroatoms. The summed E-state index contributed by atoms with van der Waals surface area (Å²) in [5.41, 5.74) is 0.217. The fourth-order valence-electron chi connectivity index (χ4n) is 1.96. The van der Waals surface area contributed by atoms with Crippen molar-refractivity contribution in [3.05, 3.63) is 36.0 Å². The lowest BCUT2D eigenvalue weighted by atomic mass is 10.1. The molecule has 0 fully saturated rings. The normalized spacial score (nSPS) is 11.9. The van der Waals surface area contributed by atoms with Crippen molar-refractivity contribution in [2.75, 3.05) is 0 Å². The van der Waals surface area contributed by atoms with Crippen LogP contribution < -0.4 is 0 Å². The van der Waals surface area contributed by atoms with E-state index in [4.69, 9.17) is 5.11 Å². The van der Waals surface area contributed by atoms with Gasteiger partial charge in [0, 0.05) is 17.1 Å². The first-order valence-electron chi connectivity index (χ1n) is 5.42. The molecule has 0 bridgehead atoms. The highest BCUT2D eigenvalue weighted by Crippen LogP contribution is 2.23. The van der Waals surface area contributed by atoms with E-state index in [1.807, 2.05) is 18.2 Å². The number of hydrogen-bond acceptors (Lipinski definition) is 2. The predicted molar refractivity (Wildman–Crippen MR) is 65.2 cm³/mol. The minimum atomic E-state index is -0.948. The summed E-state index contributed by atoms with van der Waals surface area (Å²) in [4.78, 5) is 11.1. The van der Waals surface area contributed by atoms with Crippen LogP contribution in [0.3, 0.4) is 0 Å². The van der Waals surface area contributed by atoms with Gasteiger partial charge in [0.05, 0.1) is 17.7 Å². The first-order valence-corrected chi connectivity index (χ1v) is 5.42. The number of aliphatic hydroxyl groups is 1. The van der Waals surface area contributed by atoms with Crippen molar-refractivity contribution in [2.24, 2.45) is 0 Å². The molecule has 0 aliphatic carbocycles. The first kappa shape index (κ1) is 11.7. The van der Waals surface area contributed by atoms with Crippen LogP contribution in [-0.4, -0.2) is 26.4 Å². The third kappa shape index (κ3) is 2.31. The predicted octanol–water partition coefficient (Wildman–Crippen LogP) is 2.11. The van der Waals surface area contributed by atoms with Gasteiger partial charge >= 0.3 is 5.97 Å². The van der Waals surface area contributed by atoms with Gasteiger partial charge in [0.25, 0.3) is 0 Å². The lowest BCUT2D eigenvalue weighted by Crippen LogP contribution is -2.25. The van der Waals surface area contributed by atoms with Crippen LogP contribution in [0, 0.1) is 0 Å². The molecule has 0 spiro atoms. The highest BCUT2D eigenvalue weighted by molar-refractivity contribution is 6.03. The molecule has 0 amide bonds. The zero-order chi connectivity index (χ0) is 12.6. The molecule has 1 aromatic heterocycles. The smallest absolute Gasteiger partial charge is 0.337 e. The van der Waals surface area contributed by atoms with Crippen molar-refractivity contribution < 1.29 is 15.0 Å². The molecule has 0 aliphatic heterocycles. The van der Waals surface area contributed by atoms with Crippen LogP contribution in [0.15, 0.2) is 30.5 Å². The quantitative estimate of drug-likeness (QED) is 0.853. The van der Waals surface area contributed by atoms with E-state index in [-0.39, 0.29) is 5.56 Å². The van der Waals surface area contributed by atoms with Gasteiger partial charge in [-0.15, -0.1) is 0 Å². The monoisotopic (exact) mass is 233 g/mol. The minimum Gasteiger partial charge on any atom is -0.478 e. The summed E-state index contributed by atoms with van der Waals surface area (Å²) in [7, 11) is 0. The lowest BCUT2D eigenvalue weighted by Gasteiger charge is -2.18. The van der Waals surface area contributed by atoms with Crippen LogP contribution in [-0.2, 0) is 6.54 Å². The van der Waals surface area contributed by atoms with Gasteiger partial charge in [-0.25, -0.2) is 4.79 Å². The van der Waals surface area contributed by atoms with Gasteiger partial charge in [-0.1, -0.05) is 18.2 Å². The summed E-state index contributed by atoms with van der Waals surface area (Å²) < 4.78 is 1.78. The third-order valence-electron chi connectivity index (χ3n) is 2.58. The van der Waals surface area contributed by atoms with Crippen LogP contribution >= 0.6 is 0 Å². The Morgan fingerprint density at radius 2 is 2.00 bits per heavy atom. The summed E-state index contributed by atoms with van der Waals surface area (Å²) >= 11 is 0. The second-order valence-electron chi connectivity index (χ2n) is 4.81. The maximum absolute atomic E-state index is 11.1. The number of benzene rings is 1. The third-order valence-corrected chi connectivity index (χ3v) is 2.58. The highest BCUT2D eigenvalue weighted by Gasteiger charge is 2.18. The fourth-order valence-corrected chi connectivity index (χ4v) is 1.96. The number of carboxylic acid groups (broad SMARTS) is 1. The zero-order valence-corrected chi connectivity index (χ0v) is 9.84. The van der Waals surface area contributed by atoms with E-state index in [1.54, 1.807) is 30.7 Å². The molecule has 2 rings (SSSR count). The number of fused-ring (bicyclic) bond motifs is 1. The van der Waals surface area contributed by atoms with Crippen molar-refractivity contribution in [1.29, 1.82) is 0 Å². The van der Waals surface area contributed by atoms with E-state index >= 15 is 0 Å². The highest BCUT2D eigenvalue weighted by atomic mass is 16.4. The van der Waals surface area contributed by atoms with Crippen LogP contribution in [0.2, 0.25) is 0 Å². The number of aromatic carboxylic acids is 1. The van der Waals surface area contributed by atoms with Gasteiger partial charge in [0.15, 0.2) is 0 Å². The van der Waals surface area contributed by atoms with E-state index in [0.29, 0.717) is 11.9 Å². The van der Waals surface area contributed by atoms with Gasteiger partial charge in [0.1, 0.15) is 0 Å². The van der Waals surface area contributed by atoms with Crippen LogP contribution in [0.4, 0.5) is 0 Å². The molecule has 1 aromatic carbocycles. The van der Waals surface area contributed by atoms with Crippen LogP contribution in [0.5, 0.6) is 0 Å². The van der Waals surface area contributed by atoms with E-state index in [1.165, 1.54) is 0 Å². The van der Waals surface area contributed by atoms with Gasteiger partial charge in [-0.05, 0) is 19.9 Å². The van der Waals surface area contributed by atoms with E-state index in [9.17, 15) is 9.90 Å². The molecule has 0 atom stereocenters. The molecule has 0 saturated heterocycles. The van der Waals surface area contributed by atoms with Crippen molar-refractivity contribution >= 4 is 16.9 Å². The van der Waals surface area contributed by atoms with Crippen LogP contribution in [0.1, 0.15) is 24.2 Å². The van der Waals surface area contributed by atoms with Crippen molar-refractivity contribution in [3.8, 4) is 0 Å². The molecule has 2 N–H and O–H groups in total. The largest absolute Gasteiger partial charge is 0.478 e. The second kappa shape index (κ2) is 3.89. The number of carboxylic acids is 1. The van der Waals surface area contributed by atoms with E-state index < -0.39 is 11.6 Å². The van der Waals surface area contributed by atoms with Gasteiger partial charge < -0.3 is 14.8 Å². The average molecular weight is 233 g/mol. The van der Waals surface area contributed by atoms with Crippen molar-refractivity contribution in [2.45, 2.75) is 26.0 Å². The van der Waals surface area contributed by atoms with Crippen molar-refractivity contribution in [1.82, 2.24) is 4.57 Å². The number of rotatable bonds is 3. The van der Waals surface area contributed by atoms with E-state index in [2.05, 4.69) is 0 Å². The van der Waals surface area contributed by atoms with Gasteiger partial charge in [-0.3, -0.25) is 0 Å². The number of aromatic nitrogens is 1. The zero-order valence-electron chi connectivity index (χ0n) is 9.84. The number of nitrogens with zero attached hydrogens (tertiary/aromatic N) is 1. The first-order chi connectivity index (χ1) is 7.88. The maximum Gasteiger partial charge on any atom is 0.337 e. The molecule has 0 aliphatic rings. The Labute approximate surface area is 99.1 Å². The van der Waals surface area contributed by atoms with Crippen LogP contribution in [0.25, 0.3) is 10.9 Å². The summed E-state index contributed by atoms with van der Waals surface area (Å²) in [6, 6.07) is 7.30. The molecule has 4 nitrogen and oxygen atoms in total. The SMILES string of the molecule is CC(C)(O)Cn1cc(C(=O)O)c2ccccc21. The minimum absolute atomic E-state index is 0.268. The molecule has 1 heterocycles. The summed E-state index contributed by atoms with van der Waals surface area (Å²) in [5, 5.41) is 19.6. The molecule has 0 saturated carbocycles. The Morgan fingerprint density at radius 3 is 2.59 bits per heavy atom. The Hall–Kier alpha value is -1.81. The standard InChI is InChI=1S/C13H15NO3/c1-13(2,17)8-14-7-10(12(15)16)9-5-3-4-6-11(9)14/h3-7,17H,8H2,1-2H3,(H,15,16). The average Bonchev–Trinajstić information content (AvgIpc) is 2.55. The molecule has 0 radical (unpaired) electrons. The summed E-state index contributed by atoms with van der Waals surface area (Å²) in [6.45, 7) is 3.76. The number of carbonyl (C=O) groups is 1. The topological polar surface area (TPSA) is 62.5 Å². The molecular weight excluding hydrogens is 218 g/mol. The Morgan fingerprint density at radius 1 is 1.35 bits per heavy atom. The summed E-state index contributed by atoms with van der Waals surface area (Å²) in [5.74, 6) is -0.948. The molecule has 0 unspecified atom stereocenters. The maximum atomic E-state index is 11.1. The number of para-hydroxylation sites is 1.